The first-order chi connectivity index (χ1) is 12.0. The Hall–Kier alpha value is -2.39. The van der Waals surface area contributed by atoms with Gasteiger partial charge in [-0.15, -0.1) is 0 Å². The summed E-state index contributed by atoms with van der Waals surface area (Å²) >= 11 is 0. The predicted molar refractivity (Wildman–Crippen MR) is 89.3 cm³/mol. The topological polar surface area (TPSA) is 66.0 Å². The minimum Gasteiger partial charge on any atom is -0.748 e. The molecule has 0 saturated heterocycles. The Morgan fingerprint density at radius 3 is 2.08 bits per heavy atom. The zero-order chi connectivity index (χ0) is 19.5. The lowest BCUT2D eigenvalue weighted by Gasteiger charge is -2.06. The lowest BCUT2D eigenvalue weighted by atomic mass is 10.2. The number of benzene rings is 2. The number of nitrogens with zero attached hydrogens (tertiary/aromatic N) is 2. The molecule has 1 aromatic heterocycles. The summed E-state index contributed by atoms with van der Waals surface area (Å²) < 4.78 is 70.0. The quantitative estimate of drug-likeness (QED) is 0.502. The molecule has 3 aromatic rings. The Balaban J connectivity index is 0.000000431. The van der Waals surface area contributed by atoms with E-state index in [1.165, 1.54) is 16.2 Å². The predicted octanol–water partition coefficient (Wildman–Crippen LogP) is 2.69. The van der Waals surface area contributed by atoms with Crippen LogP contribution >= 0.6 is 0 Å². The van der Waals surface area contributed by atoms with Gasteiger partial charge in [-0.3, -0.25) is 0 Å². The van der Waals surface area contributed by atoms with E-state index in [9.17, 15) is 13.2 Å². The van der Waals surface area contributed by atoms with Crippen molar-refractivity contribution in [1.29, 1.82) is 0 Å². The average molecular weight is 386 g/mol. The van der Waals surface area contributed by atoms with Gasteiger partial charge in [-0.25, -0.2) is 17.6 Å². The van der Waals surface area contributed by atoms with Crippen LogP contribution in [0.2, 0.25) is 0 Å². The van der Waals surface area contributed by atoms with Gasteiger partial charge in [-0.05, 0) is 17.7 Å². The van der Waals surface area contributed by atoms with Crippen LogP contribution < -0.4 is 4.57 Å². The molecule has 0 amide bonds. The second kappa shape index (κ2) is 7.46. The van der Waals surface area contributed by atoms with Crippen molar-refractivity contribution in [3.8, 4) is 0 Å². The highest BCUT2D eigenvalue weighted by Crippen LogP contribution is 2.30. The van der Waals surface area contributed by atoms with Gasteiger partial charge < -0.3 is 4.55 Å². The molecule has 0 saturated carbocycles. The van der Waals surface area contributed by atoms with Crippen LogP contribution in [0.25, 0.3) is 11.0 Å². The fourth-order valence-corrected chi connectivity index (χ4v) is 2.65. The van der Waals surface area contributed by atoms with E-state index in [-0.39, 0.29) is 6.54 Å². The molecule has 0 aliphatic heterocycles. The van der Waals surface area contributed by atoms with Crippen molar-refractivity contribution < 1.29 is 30.7 Å². The summed E-state index contributed by atoms with van der Waals surface area (Å²) in [5, 5.41) is 0. The first-order valence-corrected chi connectivity index (χ1v) is 9.29. The van der Waals surface area contributed by atoms with Crippen LogP contribution in [-0.2, 0) is 29.9 Å². The first-order valence-electron chi connectivity index (χ1n) is 7.47. The fourth-order valence-electron chi connectivity index (χ4n) is 2.65. The van der Waals surface area contributed by atoms with E-state index in [2.05, 4.69) is 0 Å². The molecule has 1 heterocycles. The van der Waals surface area contributed by atoms with Crippen molar-refractivity contribution in [3.05, 3.63) is 66.0 Å². The summed E-state index contributed by atoms with van der Waals surface area (Å²) in [7, 11) is -2.47. The number of rotatable bonds is 2. The minimum absolute atomic E-state index is 0.192. The molecule has 0 atom stereocenters. The molecule has 0 unspecified atom stereocenters. The Labute approximate surface area is 149 Å². The van der Waals surface area contributed by atoms with Crippen molar-refractivity contribution in [3.63, 3.8) is 0 Å². The van der Waals surface area contributed by atoms with Gasteiger partial charge in [0.25, 0.3) is 0 Å². The van der Waals surface area contributed by atoms with E-state index in [0.717, 1.165) is 5.56 Å². The van der Waals surface area contributed by atoms with Crippen molar-refractivity contribution in [2.45, 2.75) is 12.7 Å². The zero-order valence-corrected chi connectivity index (χ0v) is 14.9. The molecule has 26 heavy (non-hydrogen) atoms. The van der Waals surface area contributed by atoms with Crippen molar-refractivity contribution in [2.75, 3.05) is 6.26 Å². The molecule has 0 bridgehead atoms. The van der Waals surface area contributed by atoms with E-state index in [0.29, 0.717) is 17.3 Å². The number of hydrogen-bond acceptors (Lipinski definition) is 3. The lowest BCUT2D eigenvalue weighted by Crippen LogP contribution is -2.38. The maximum Gasteiger partial charge on any atom is 0.495 e. The summed E-state index contributed by atoms with van der Waals surface area (Å²) in [6.07, 6.45) is -3.80. The number of fused-ring (bicyclic) bond motifs is 1. The Morgan fingerprint density at radius 2 is 1.54 bits per heavy atom. The van der Waals surface area contributed by atoms with Gasteiger partial charge in [0.15, 0.2) is 11.0 Å². The van der Waals surface area contributed by atoms with Crippen LogP contribution in [0.4, 0.5) is 13.2 Å². The van der Waals surface area contributed by atoms with Gasteiger partial charge in [0, 0.05) is 6.26 Å². The normalized spacial score (nSPS) is 11.9. The second-order valence-electron chi connectivity index (χ2n) is 5.64. The largest absolute Gasteiger partial charge is 0.748 e. The third-order valence-electron chi connectivity index (χ3n) is 3.54. The number of halogens is 3. The molecular weight excluding hydrogens is 369 g/mol. The molecule has 3 rings (SSSR count). The minimum atomic E-state index is -4.40. The van der Waals surface area contributed by atoms with Crippen molar-refractivity contribution in [1.82, 2.24) is 4.57 Å². The third-order valence-corrected chi connectivity index (χ3v) is 3.54. The number of imidazole rings is 1. The molecule has 140 valence electrons. The zero-order valence-electron chi connectivity index (χ0n) is 14.1. The Morgan fingerprint density at radius 1 is 1.04 bits per heavy atom. The van der Waals surface area contributed by atoms with E-state index in [1.54, 1.807) is 24.3 Å². The first kappa shape index (κ1) is 19.9. The second-order valence-corrected chi connectivity index (χ2v) is 7.05. The molecule has 0 aliphatic carbocycles. The third kappa shape index (κ3) is 5.06. The molecule has 0 spiro atoms. The van der Waals surface area contributed by atoms with Crippen LogP contribution in [-0.4, -0.2) is 23.8 Å². The molecular formula is C17H17F3N2O3S. The smallest absolute Gasteiger partial charge is 0.495 e. The van der Waals surface area contributed by atoms with Crippen LogP contribution in [0.5, 0.6) is 0 Å². The maximum atomic E-state index is 13.4. The Kier molecular flexibility index (Phi) is 5.72. The SMILES string of the molecule is CS(=O)(=O)[O-].C[n+]1c(C(F)(F)F)n(Cc2ccccc2)c2ccccc21. The summed E-state index contributed by atoms with van der Waals surface area (Å²) in [5.74, 6) is -0.646. The van der Waals surface area contributed by atoms with Crippen LogP contribution in [0, 0.1) is 0 Å². The van der Waals surface area contributed by atoms with E-state index >= 15 is 0 Å². The van der Waals surface area contributed by atoms with Crippen LogP contribution in [0.3, 0.4) is 0 Å². The monoisotopic (exact) mass is 386 g/mol. The highest BCUT2D eigenvalue weighted by Gasteiger charge is 2.46. The van der Waals surface area contributed by atoms with Gasteiger partial charge >= 0.3 is 12.0 Å². The number of alkyl halides is 3. The molecule has 2 aromatic carbocycles. The number of para-hydroxylation sites is 2. The van der Waals surface area contributed by atoms with E-state index in [4.69, 9.17) is 13.0 Å². The van der Waals surface area contributed by atoms with E-state index < -0.39 is 22.1 Å². The standard InChI is InChI=1S/C16H14F3N2.CH4O3S/c1-20-13-9-5-6-10-14(13)21(15(20)16(17,18)19)11-12-7-3-2-4-8-12;1-5(2,3)4/h2-10H,11H2,1H3;1H3,(H,2,3,4)/q+1;/p-1. The van der Waals surface area contributed by atoms with Gasteiger partial charge in [-0.2, -0.15) is 13.2 Å². The van der Waals surface area contributed by atoms with Crippen molar-refractivity contribution >= 4 is 21.2 Å². The van der Waals surface area contributed by atoms with Gasteiger partial charge in [0.1, 0.15) is 6.54 Å². The van der Waals surface area contributed by atoms with Crippen molar-refractivity contribution in [2.24, 2.45) is 7.05 Å². The van der Waals surface area contributed by atoms with Crippen LogP contribution in [0.15, 0.2) is 54.6 Å². The molecule has 0 radical (unpaired) electrons. The van der Waals surface area contributed by atoms with Gasteiger partial charge in [-0.1, -0.05) is 42.5 Å². The molecule has 9 heteroatoms. The van der Waals surface area contributed by atoms with Gasteiger partial charge in [0.05, 0.1) is 17.2 Å². The molecule has 0 N–H and O–H groups in total. The summed E-state index contributed by atoms with van der Waals surface area (Å²) in [6.45, 7) is 0.192. The highest BCUT2D eigenvalue weighted by atomic mass is 32.2. The molecule has 5 nitrogen and oxygen atoms in total. The van der Waals surface area contributed by atoms with Crippen LogP contribution in [0.1, 0.15) is 11.4 Å². The summed E-state index contributed by atoms with van der Waals surface area (Å²) in [5.41, 5.74) is 1.99. The lowest BCUT2D eigenvalue weighted by molar-refractivity contribution is -0.667. The summed E-state index contributed by atoms with van der Waals surface area (Å²) in [6, 6.07) is 16.1. The molecule has 0 aliphatic rings. The summed E-state index contributed by atoms with van der Waals surface area (Å²) in [4.78, 5) is 0. The average Bonchev–Trinajstić information content (AvgIpc) is 2.80. The highest BCUT2D eigenvalue weighted by molar-refractivity contribution is 7.84. The Bertz CT molecular complexity index is 989. The number of aryl methyl sites for hydroxylation is 1. The number of aromatic nitrogens is 2. The fraction of sp³-hybridized carbons (Fsp3) is 0.235. The van der Waals surface area contributed by atoms with E-state index in [1.807, 2.05) is 30.3 Å². The van der Waals surface area contributed by atoms with Gasteiger partial charge in [0.2, 0.25) is 0 Å². The number of hydrogen-bond donors (Lipinski definition) is 0. The molecule has 0 fully saturated rings. The maximum absolute atomic E-state index is 13.4.